The molecule has 0 bridgehead atoms. The number of nitrogens with zero attached hydrogens (tertiary/aromatic N) is 1. The summed E-state index contributed by atoms with van der Waals surface area (Å²) in [6.07, 6.45) is 1.83. The van der Waals surface area contributed by atoms with Crippen LogP contribution in [0.25, 0.3) is 33.4 Å². The van der Waals surface area contributed by atoms with E-state index in [1.807, 2.05) is 30.3 Å². The number of aromatic amines is 1. The SMILES string of the molecule is Cc1ccc(-c2[nH]c3ncccc3c2CCC(=O)NCCOC(=O)OC(C)(C)C)c(-c2ccccc2)c1. The van der Waals surface area contributed by atoms with Crippen molar-refractivity contribution in [2.24, 2.45) is 0 Å². The number of hydrogen-bond donors (Lipinski definition) is 2. The number of ether oxygens (including phenoxy) is 2. The van der Waals surface area contributed by atoms with Crippen LogP contribution in [0.3, 0.4) is 0 Å². The Morgan fingerprint density at radius 1 is 1.00 bits per heavy atom. The molecule has 7 heteroatoms. The van der Waals surface area contributed by atoms with Gasteiger partial charge in [-0.1, -0.05) is 54.1 Å². The van der Waals surface area contributed by atoms with Gasteiger partial charge in [-0.3, -0.25) is 4.79 Å². The van der Waals surface area contributed by atoms with E-state index >= 15 is 0 Å². The Hall–Kier alpha value is -4.13. The van der Waals surface area contributed by atoms with Crippen LogP contribution >= 0.6 is 0 Å². The Labute approximate surface area is 217 Å². The number of amides is 1. The van der Waals surface area contributed by atoms with Crippen molar-refractivity contribution in [1.82, 2.24) is 15.3 Å². The molecule has 7 nitrogen and oxygen atoms in total. The molecule has 1 amide bonds. The van der Waals surface area contributed by atoms with Crippen LogP contribution in [-0.2, 0) is 20.7 Å². The van der Waals surface area contributed by atoms with Crippen LogP contribution in [0.15, 0.2) is 66.9 Å². The molecule has 0 radical (unpaired) electrons. The first-order chi connectivity index (χ1) is 17.7. The number of fused-ring (bicyclic) bond motifs is 1. The van der Waals surface area contributed by atoms with Gasteiger partial charge in [-0.15, -0.1) is 0 Å². The van der Waals surface area contributed by atoms with Crippen molar-refractivity contribution in [2.45, 2.75) is 46.1 Å². The molecule has 0 saturated heterocycles. The first kappa shape index (κ1) is 25.9. The summed E-state index contributed by atoms with van der Waals surface area (Å²) in [6, 6.07) is 20.6. The van der Waals surface area contributed by atoms with Crippen LogP contribution in [0.5, 0.6) is 0 Å². The van der Waals surface area contributed by atoms with Crippen molar-refractivity contribution >= 4 is 23.1 Å². The highest BCUT2D eigenvalue weighted by Gasteiger charge is 2.19. The van der Waals surface area contributed by atoms with E-state index in [0.29, 0.717) is 6.42 Å². The summed E-state index contributed by atoms with van der Waals surface area (Å²) in [5.41, 5.74) is 6.67. The molecule has 4 rings (SSSR count). The fraction of sp³-hybridized carbons (Fsp3) is 0.300. The molecule has 192 valence electrons. The van der Waals surface area contributed by atoms with Gasteiger partial charge in [0.1, 0.15) is 17.9 Å². The highest BCUT2D eigenvalue weighted by Crippen LogP contribution is 2.37. The number of aryl methyl sites for hydroxylation is 2. The average Bonchev–Trinajstić information content (AvgIpc) is 3.23. The summed E-state index contributed by atoms with van der Waals surface area (Å²) in [4.78, 5) is 32.3. The number of pyridine rings is 1. The second-order valence-electron chi connectivity index (χ2n) is 9.96. The predicted molar refractivity (Wildman–Crippen MR) is 145 cm³/mol. The maximum Gasteiger partial charge on any atom is 0.508 e. The molecule has 0 spiro atoms. The third-order valence-corrected chi connectivity index (χ3v) is 5.84. The van der Waals surface area contributed by atoms with Crippen LogP contribution < -0.4 is 5.32 Å². The Morgan fingerprint density at radius 3 is 2.54 bits per heavy atom. The minimum atomic E-state index is -0.745. The minimum Gasteiger partial charge on any atom is -0.432 e. The predicted octanol–water partition coefficient (Wildman–Crippen LogP) is 6.21. The summed E-state index contributed by atoms with van der Waals surface area (Å²) in [5, 5.41) is 3.82. The molecule has 0 fully saturated rings. The topological polar surface area (TPSA) is 93.3 Å². The molecule has 0 saturated carbocycles. The molecule has 2 aromatic carbocycles. The maximum atomic E-state index is 12.6. The van der Waals surface area contributed by atoms with E-state index in [1.54, 1.807) is 27.0 Å². The molecule has 0 atom stereocenters. The number of rotatable bonds is 8. The molecular formula is C30H33N3O4. The number of benzene rings is 2. The molecular weight excluding hydrogens is 466 g/mol. The van der Waals surface area contributed by atoms with E-state index in [4.69, 9.17) is 9.47 Å². The first-order valence-electron chi connectivity index (χ1n) is 12.5. The van der Waals surface area contributed by atoms with Crippen molar-refractivity contribution in [3.63, 3.8) is 0 Å². The van der Waals surface area contributed by atoms with Gasteiger partial charge in [0.05, 0.1) is 12.2 Å². The lowest BCUT2D eigenvalue weighted by Crippen LogP contribution is -2.30. The molecule has 0 aliphatic carbocycles. The lowest BCUT2D eigenvalue weighted by molar-refractivity contribution is -0.121. The standard InChI is InChI=1S/C30H33N3O4/c1-20-12-13-23(25(19-20)21-9-6-5-7-10-21)27-22(24-11-8-16-32-28(24)33-27)14-15-26(34)31-17-18-36-29(35)37-30(2,3)4/h5-13,16,19H,14-15,17-18H2,1-4H3,(H,31,34)(H,32,33). The van der Waals surface area contributed by atoms with Crippen LogP contribution in [0.1, 0.15) is 38.3 Å². The van der Waals surface area contributed by atoms with Gasteiger partial charge in [-0.25, -0.2) is 9.78 Å². The quantitative estimate of drug-likeness (QED) is 0.222. The molecule has 0 aliphatic rings. The maximum absolute atomic E-state index is 12.6. The Bertz CT molecular complexity index is 1390. The van der Waals surface area contributed by atoms with Crippen molar-refractivity contribution in [2.75, 3.05) is 13.2 Å². The summed E-state index contributed by atoms with van der Waals surface area (Å²) in [6.45, 7) is 7.65. The van der Waals surface area contributed by atoms with Gasteiger partial charge >= 0.3 is 6.16 Å². The average molecular weight is 500 g/mol. The van der Waals surface area contributed by atoms with Crippen LogP contribution in [0.2, 0.25) is 0 Å². The Morgan fingerprint density at radius 2 is 1.78 bits per heavy atom. The fourth-order valence-corrected chi connectivity index (χ4v) is 4.23. The number of H-pyrrole nitrogens is 1. The summed E-state index contributed by atoms with van der Waals surface area (Å²) < 4.78 is 10.1. The number of nitrogens with one attached hydrogen (secondary N) is 2. The molecule has 0 aliphatic heterocycles. The lowest BCUT2D eigenvalue weighted by Gasteiger charge is -2.18. The van der Waals surface area contributed by atoms with Gasteiger partial charge in [-0.05, 0) is 62.9 Å². The van der Waals surface area contributed by atoms with E-state index in [0.717, 1.165) is 39.0 Å². The van der Waals surface area contributed by atoms with Gasteiger partial charge in [0.25, 0.3) is 0 Å². The van der Waals surface area contributed by atoms with Crippen molar-refractivity contribution < 1.29 is 19.1 Å². The Kier molecular flexibility index (Phi) is 7.92. The van der Waals surface area contributed by atoms with Gasteiger partial charge in [-0.2, -0.15) is 0 Å². The fourth-order valence-electron chi connectivity index (χ4n) is 4.23. The van der Waals surface area contributed by atoms with Crippen molar-refractivity contribution in [3.8, 4) is 22.4 Å². The largest absolute Gasteiger partial charge is 0.508 e. The highest BCUT2D eigenvalue weighted by atomic mass is 16.7. The summed E-state index contributed by atoms with van der Waals surface area (Å²) in [5.74, 6) is -0.121. The monoisotopic (exact) mass is 499 g/mol. The smallest absolute Gasteiger partial charge is 0.432 e. The van der Waals surface area contributed by atoms with E-state index < -0.39 is 11.8 Å². The van der Waals surface area contributed by atoms with Gasteiger partial charge in [0.2, 0.25) is 5.91 Å². The number of aromatic nitrogens is 2. The second-order valence-corrected chi connectivity index (χ2v) is 9.96. The van der Waals surface area contributed by atoms with E-state index in [9.17, 15) is 9.59 Å². The molecule has 4 aromatic rings. The number of carbonyl (C=O) groups excluding carboxylic acids is 2. The Balaban J connectivity index is 1.51. The van der Waals surface area contributed by atoms with Crippen LogP contribution in [-0.4, -0.2) is 40.8 Å². The molecule has 37 heavy (non-hydrogen) atoms. The van der Waals surface area contributed by atoms with E-state index in [2.05, 4.69) is 52.5 Å². The molecule has 2 heterocycles. The zero-order valence-corrected chi connectivity index (χ0v) is 21.8. The van der Waals surface area contributed by atoms with Gasteiger partial charge in [0, 0.05) is 23.6 Å². The van der Waals surface area contributed by atoms with Gasteiger partial charge in [0.15, 0.2) is 0 Å². The number of hydrogen-bond acceptors (Lipinski definition) is 5. The highest BCUT2D eigenvalue weighted by molar-refractivity contribution is 5.93. The third kappa shape index (κ3) is 6.76. The summed E-state index contributed by atoms with van der Waals surface area (Å²) >= 11 is 0. The van der Waals surface area contributed by atoms with Crippen LogP contribution in [0.4, 0.5) is 4.79 Å². The normalized spacial score (nSPS) is 11.4. The van der Waals surface area contributed by atoms with Crippen LogP contribution in [0, 0.1) is 6.92 Å². The summed E-state index contributed by atoms with van der Waals surface area (Å²) in [7, 11) is 0. The van der Waals surface area contributed by atoms with Crippen molar-refractivity contribution in [1.29, 1.82) is 0 Å². The van der Waals surface area contributed by atoms with E-state index in [1.165, 1.54) is 5.56 Å². The van der Waals surface area contributed by atoms with E-state index in [-0.39, 0.29) is 25.5 Å². The zero-order valence-electron chi connectivity index (χ0n) is 21.8. The molecule has 2 N–H and O–H groups in total. The minimum absolute atomic E-state index is 0.0483. The van der Waals surface area contributed by atoms with Crippen molar-refractivity contribution in [3.05, 3.63) is 78.0 Å². The third-order valence-electron chi connectivity index (χ3n) is 5.84. The second kappa shape index (κ2) is 11.3. The zero-order chi connectivity index (χ0) is 26.4. The number of carbonyl (C=O) groups is 2. The van der Waals surface area contributed by atoms with Gasteiger partial charge < -0.3 is 19.8 Å². The first-order valence-corrected chi connectivity index (χ1v) is 12.5. The molecule has 2 aromatic heterocycles. The molecule has 0 unspecified atom stereocenters. The lowest BCUT2D eigenvalue weighted by atomic mass is 9.93.